The normalized spacial score (nSPS) is 11.4. The van der Waals surface area contributed by atoms with Crippen molar-refractivity contribution in [2.45, 2.75) is 33.4 Å². The molecule has 0 amide bonds. The van der Waals surface area contributed by atoms with Crippen LogP contribution in [0, 0.1) is 6.92 Å². The lowest BCUT2D eigenvalue weighted by Crippen LogP contribution is -2.10. The van der Waals surface area contributed by atoms with Gasteiger partial charge in [-0.1, -0.05) is 19.9 Å². The first kappa shape index (κ1) is 13.6. The molecule has 0 bridgehead atoms. The van der Waals surface area contributed by atoms with Crippen LogP contribution in [0.5, 0.6) is 0 Å². The first-order valence-corrected chi connectivity index (χ1v) is 6.32. The van der Waals surface area contributed by atoms with Crippen molar-refractivity contribution in [3.05, 3.63) is 35.0 Å². The smallest absolute Gasteiger partial charge is 0.352 e. The highest BCUT2D eigenvalue weighted by molar-refractivity contribution is 5.98. The van der Waals surface area contributed by atoms with Crippen LogP contribution in [-0.2, 0) is 11.5 Å². The zero-order valence-corrected chi connectivity index (χ0v) is 11.7. The second-order valence-corrected chi connectivity index (χ2v) is 5.06. The second-order valence-electron chi connectivity index (χ2n) is 5.06. The number of carboxylic acids is 1. The van der Waals surface area contributed by atoms with Crippen LogP contribution in [0.1, 0.15) is 41.4 Å². The summed E-state index contributed by atoms with van der Waals surface area (Å²) in [4.78, 5) is 11.4. The molecule has 0 radical (unpaired) electrons. The predicted molar refractivity (Wildman–Crippen MR) is 74.7 cm³/mol. The zero-order chi connectivity index (χ0) is 14.2. The van der Waals surface area contributed by atoms with Crippen LogP contribution in [0.3, 0.4) is 0 Å². The Morgan fingerprint density at radius 3 is 2.63 bits per heavy atom. The molecule has 0 aliphatic rings. The number of nitrogens with zero attached hydrogens (tertiary/aromatic N) is 1. The molecule has 0 spiro atoms. The maximum atomic E-state index is 11.4. The van der Waals surface area contributed by atoms with E-state index in [1.165, 1.54) is 5.56 Å². The first-order chi connectivity index (χ1) is 8.97. The van der Waals surface area contributed by atoms with Crippen LogP contribution in [-0.4, -0.2) is 22.8 Å². The largest absolute Gasteiger partial charge is 0.477 e. The molecule has 0 saturated carbocycles. The van der Waals surface area contributed by atoms with Crippen LogP contribution in [0.15, 0.2) is 18.2 Å². The van der Waals surface area contributed by atoms with E-state index in [9.17, 15) is 9.90 Å². The summed E-state index contributed by atoms with van der Waals surface area (Å²) < 4.78 is 6.82. The Balaban J connectivity index is 2.76. The van der Waals surface area contributed by atoms with E-state index in [2.05, 4.69) is 19.9 Å². The molecule has 0 saturated heterocycles. The van der Waals surface area contributed by atoms with Gasteiger partial charge in [0.2, 0.25) is 0 Å². The summed E-state index contributed by atoms with van der Waals surface area (Å²) >= 11 is 0. The molecule has 0 unspecified atom stereocenters. The standard InChI is InChI=1S/C15H19NO3/c1-9(2)11-5-6-13-12(7-11)10(3)14(15(17)18)16(13)8-19-4/h5-7,9H,8H2,1-4H3,(H,17,18). The van der Waals surface area contributed by atoms with Gasteiger partial charge in [0, 0.05) is 12.5 Å². The number of methoxy groups -OCH3 is 1. The number of hydrogen-bond donors (Lipinski definition) is 1. The fourth-order valence-electron chi connectivity index (χ4n) is 2.44. The van der Waals surface area contributed by atoms with Crippen molar-refractivity contribution in [1.82, 2.24) is 4.57 Å². The number of hydrogen-bond acceptors (Lipinski definition) is 2. The number of rotatable bonds is 4. The summed E-state index contributed by atoms with van der Waals surface area (Å²) in [5.74, 6) is -0.500. The van der Waals surface area contributed by atoms with Crippen molar-refractivity contribution < 1.29 is 14.6 Å². The summed E-state index contributed by atoms with van der Waals surface area (Å²) in [6.45, 7) is 6.34. The predicted octanol–water partition coefficient (Wildman–Crippen LogP) is 3.38. The Morgan fingerprint density at radius 1 is 1.42 bits per heavy atom. The Kier molecular flexibility index (Phi) is 3.62. The molecule has 0 atom stereocenters. The van der Waals surface area contributed by atoms with Crippen LogP contribution in [0.25, 0.3) is 10.9 Å². The van der Waals surface area contributed by atoms with Crippen molar-refractivity contribution in [2.24, 2.45) is 0 Å². The summed E-state index contributed by atoms with van der Waals surface area (Å²) in [7, 11) is 1.56. The van der Waals surface area contributed by atoms with E-state index < -0.39 is 5.97 Å². The molecule has 102 valence electrons. The third-order valence-corrected chi connectivity index (χ3v) is 3.47. The first-order valence-electron chi connectivity index (χ1n) is 6.32. The molecule has 2 rings (SSSR count). The molecular formula is C15H19NO3. The highest BCUT2D eigenvalue weighted by atomic mass is 16.5. The number of ether oxygens (including phenoxy) is 1. The number of benzene rings is 1. The van der Waals surface area contributed by atoms with Gasteiger partial charge in [-0.3, -0.25) is 0 Å². The van der Waals surface area contributed by atoms with Crippen molar-refractivity contribution in [1.29, 1.82) is 0 Å². The summed E-state index contributed by atoms with van der Waals surface area (Å²) in [6, 6.07) is 6.10. The molecule has 1 aromatic carbocycles. The lowest BCUT2D eigenvalue weighted by atomic mass is 10.0. The van der Waals surface area contributed by atoms with E-state index in [0.717, 1.165) is 16.5 Å². The minimum atomic E-state index is -0.920. The Bertz CT molecular complexity index is 626. The number of aromatic nitrogens is 1. The van der Waals surface area contributed by atoms with Crippen molar-refractivity contribution in [3.63, 3.8) is 0 Å². The molecule has 4 nitrogen and oxygen atoms in total. The van der Waals surface area contributed by atoms with Gasteiger partial charge in [0.05, 0.1) is 5.52 Å². The zero-order valence-electron chi connectivity index (χ0n) is 11.7. The molecule has 0 fully saturated rings. The lowest BCUT2D eigenvalue weighted by Gasteiger charge is -2.08. The van der Waals surface area contributed by atoms with Crippen molar-refractivity contribution >= 4 is 16.9 Å². The minimum Gasteiger partial charge on any atom is -0.477 e. The van der Waals surface area contributed by atoms with E-state index in [1.807, 2.05) is 19.1 Å². The van der Waals surface area contributed by atoms with Crippen LogP contribution < -0.4 is 0 Å². The molecule has 0 aliphatic carbocycles. The Labute approximate surface area is 112 Å². The highest BCUT2D eigenvalue weighted by Crippen LogP contribution is 2.29. The third kappa shape index (κ3) is 2.24. The van der Waals surface area contributed by atoms with E-state index in [-0.39, 0.29) is 6.73 Å². The van der Waals surface area contributed by atoms with Crippen LogP contribution >= 0.6 is 0 Å². The number of aryl methyl sites for hydroxylation is 1. The Hall–Kier alpha value is -1.81. The van der Waals surface area contributed by atoms with E-state index in [4.69, 9.17) is 4.74 Å². The van der Waals surface area contributed by atoms with Gasteiger partial charge in [-0.25, -0.2) is 4.79 Å². The summed E-state index contributed by atoms with van der Waals surface area (Å²) in [5.41, 5.74) is 3.21. The van der Waals surface area contributed by atoms with Gasteiger partial charge >= 0.3 is 5.97 Å². The fourth-order valence-corrected chi connectivity index (χ4v) is 2.44. The quantitative estimate of drug-likeness (QED) is 0.918. The monoisotopic (exact) mass is 261 g/mol. The van der Waals surface area contributed by atoms with Crippen LogP contribution in [0.2, 0.25) is 0 Å². The van der Waals surface area contributed by atoms with Gasteiger partial charge in [-0.05, 0) is 36.1 Å². The van der Waals surface area contributed by atoms with E-state index in [1.54, 1.807) is 11.7 Å². The van der Waals surface area contributed by atoms with Gasteiger partial charge in [-0.15, -0.1) is 0 Å². The molecular weight excluding hydrogens is 242 g/mol. The molecule has 4 heteroatoms. The minimum absolute atomic E-state index is 0.243. The molecule has 1 heterocycles. The molecule has 1 aromatic heterocycles. The van der Waals surface area contributed by atoms with Gasteiger partial charge in [0.1, 0.15) is 12.4 Å². The summed E-state index contributed by atoms with van der Waals surface area (Å²) in [6.07, 6.45) is 0. The number of carboxylic acid groups (broad SMARTS) is 1. The molecule has 0 aliphatic heterocycles. The summed E-state index contributed by atoms with van der Waals surface area (Å²) in [5, 5.41) is 10.4. The van der Waals surface area contributed by atoms with Gasteiger partial charge in [-0.2, -0.15) is 0 Å². The molecule has 19 heavy (non-hydrogen) atoms. The topological polar surface area (TPSA) is 51.5 Å². The molecule has 2 aromatic rings. The van der Waals surface area contributed by atoms with Gasteiger partial charge in [0.25, 0.3) is 0 Å². The van der Waals surface area contributed by atoms with Gasteiger partial charge in [0.15, 0.2) is 0 Å². The average Bonchev–Trinajstić information content (AvgIpc) is 2.63. The number of carbonyl (C=O) groups is 1. The van der Waals surface area contributed by atoms with E-state index in [0.29, 0.717) is 11.6 Å². The van der Waals surface area contributed by atoms with Crippen molar-refractivity contribution in [3.8, 4) is 0 Å². The lowest BCUT2D eigenvalue weighted by molar-refractivity contribution is 0.0663. The van der Waals surface area contributed by atoms with Crippen LogP contribution in [0.4, 0.5) is 0 Å². The second kappa shape index (κ2) is 5.05. The maximum absolute atomic E-state index is 11.4. The van der Waals surface area contributed by atoms with Crippen molar-refractivity contribution in [2.75, 3.05) is 7.11 Å². The average molecular weight is 261 g/mol. The maximum Gasteiger partial charge on any atom is 0.352 e. The van der Waals surface area contributed by atoms with E-state index >= 15 is 0 Å². The fraction of sp³-hybridized carbons (Fsp3) is 0.400. The molecule has 1 N–H and O–H groups in total. The van der Waals surface area contributed by atoms with Gasteiger partial charge < -0.3 is 14.4 Å². The highest BCUT2D eigenvalue weighted by Gasteiger charge is 2.19. The Morgan fingerprint density at radius 2 is 2.11 bits per heavy atom. The number of fused-ring (bicyclic) bond motifs is 1. The number of aromatic carboxylic acids is 1. The SMILES string of the molecule is COCn1c(C(=O)O)c(C)c2cc(C(C)C)ccc21. The third-order valence-electron chi connectivity index (χ3n) is 3.47.